The molecule has 0 aromatic heterocycles. The summed E-state index contributed by atoms with van der Waals surface area (Å²) >= 11 is 0. The van der Waals surface area contributed by atoms with E-state index in [-0.39, 0.29) is 0 Å². The molecular formula is C10H17B. The van der Waals surface area contributed by atoms with Gasteiger partial charge in [0.1, 0.15) is 7.85 Å². The zero-order chi connectivity index (χ0) is 8.69. The lowest BCUT2D eigenvalue weighted by Gasteiger charge is -1.96. The van der Waals surface area contributed by atoms with Crippen molar-refractivity contribution in [3.63, 3.8) is 0 Å². The van der Waals surface area contributed by atoms with E-state index in [0.29, 0.717) is 0 Å². The molecule has 0 nitrogen and oxygen atoms in total. The molecule has 2 radical (unpaired) electrons. The summed E-state index contributed by atoms with van der Waals surface area (Å²) in [7, 11) is 5.64. The predicted molar refractivity (Wildman–Crippen MR) is 52.7 cm³/mol. The number of hydrogen-bond donors (Lipinski definition) is 0. The van der Waals surface area contributed by atoms with Gasteiger partial charge in [-0.25, -0.2) is 0 Å². The summed E-state index contributed by atoms with van der Waals surface area (Å²) in [5.41, 5.74) is 0.883. The summed E-state index contributed by atoms with van der Waals surface area (Å²) in [5, 5.41) is 0. The van der Waals surface area contributed by atoms with Gasteiger partial charge in [-0.3, -0.25) is 0 Å². The molecule has 0 aromatic rings. The maximum atomic E-state index is 5.64. The van der Waals surface area contributed by atoms with Crippen LogP contribution in [0.15, 0.2) is 23.7 Å². The van der Waals surface area contributed by atoms with E-state index in [9.17, 15) is 0 Å². The average molecular weight is 148 g/mol. The second-order valence-electron chi connectivity index (χ2n) is 3.14. The lowest BCUT2D eigenvalue weighted by atomic mass is 9.93. The molecule has 1 heteroatoms. The van der Waals surface area contributed by atoms with Crippen molar-refractivity contribution in [1.82, 2.24) is 0 Å². The highest BCUT2D eigenvalue weighted by molar-refractivity contribution is 6.23. The Bertz CT molecular complexity index is 143. The molecule has 0 fully saturated rings. The minimum absolute atomic E-state index is 0.723. The lowest BCUT2D eigenvalue weighted by Crippen LogP contribution is -1.82. The molecule has 0 saturated carbocycles. The van der Waals surface area contributed by atoms with Gasteiger partial charge in [0.2, 0.25) is 0 Å². The molecule has 0 bridgehead atoms. The molecule has 0 N–H and O–H groups in total. The molecule has 0 saturated heterocycles. The van der Waals surface area contributed by atoms with Crippen molar-refractivity contribution < 1.29 is 0 Å². The van der Waals surface area contributed by atoms with Crippen LogP contribution in [-0.4, -0.2) is 7.85 Å². The molecule has 0 amide bonds. The normalized spacial score (nSPS) is 13.3. The van der Waals surface area contributed by atoms with Crippen LogP contribution in [0.25, 0.3) is 0 Å². The van der Waals surface area contributed by atoms with Crippen molar-refractivity contribution in [3.8, 4) is 0 Å². The van der Waals surface area contributed by atoms with Crippen LogP contribution in [0.4, 0.5) is 0 Å². The zero-order valence-corrected chi connectivity index (χ0v) is 7.80. The average Bonchev–Trinajstić information content (AvgIpc) is 1.87. The molecule has 0 aromatic carbocycles. The van der Waals surface area contributed by atoms with Crippen LogP contribution in [0.1, 0.15) is 33.6 Å². The smallest absolute Gasteiger partial charge is 0.101 e. The quantitative estimate of drug-likeness (QED) is 0.424. The highest BCUT2D eigenvalue weighted by Crippen LogP contribution is 2.02. The van der Waals surface area contributed by atoms with Crippen LogP contribution in [0.2, 0.25) is 0 Å². The summed E-state index contributed by atoms with van der Waals surface area (Å²) in [6.45, 7) is 6.48. The first-order valence-corrected chi connectivity index (χ1v) is 4.29. The van der Waals surface area contributed by atoms with E-state index < -0.39 is 0 Å². The van der Waals surface area contributed by atoms with E-state index in [4.69, 9.17) is 7.85 Å². The molecule has 0 aliphatic rings. The van der Waals surface area contributed by atoms with Gasteiger partial charge in [-0.05, 0) is 18.8 Å². The van der Waals surface area contributed by atoms with Crippen molar-refractivity contribution in [1.29, 1.82) is 0 Å². The van der Waals surface area contributed by atoms with Gasteiger partial charge in [0.05, 0.1) is 0 Å². The topological polar surface area (TPSA) is 0 Å². The minimum Gasteiger partial charge on any atom is -0.101 e. The summed E-state index contributed by atoms with van der Waals surface area (Å²) in [5.74, 6) is 0.723. The second-order valence-corrected chi connectivity index (χ2v) is 3.14. The first-order valence-electron chi connectivity index (χ1n) is 4.29. The third-order valence-corrected chi connectivity index (χ3v) is 1.36. The zero-order valence-electron chi connectivity index (χ0n) is 7.80. The molecule has 0 aliphatic carbocycles. The van der Waals surface area contributed by atoms with E-state index in [0.717, 1.165) is 24.2 Å². The largest absolute Gasteiger partial charge is 0.113 e. The third kappa shape index (κ3) is 7.44. The molecule has 0 spiro atoms. The molecule has 0 rings (SSSR count). The first kappa shape index (κ1) is 10.5. The van der Waals surface area contributed by atoms with Crippen molar-refractivity contribution in [2.45, 2.75) is 33.6 Å². The number of allylic oxidation sites excluding steroid dienone is 4. The lowest BCUT2D eigenvalue weighted by molar-refractivity contribution is 0.664. The molecule has 0 aliphatic heterocycles. The fraction of sp³-hybridized carbons (Fsp3) is 0.600. The van der Waals surface area contributed by atoms with Gasteiger partial charge in [-0.15, -0.1) is 5.47 Å². The third-order valence-electron chi connectivity index (χ3n) is 1.36. The maximum Gasteiger partial charge on any atom is 0.113 e. The first-order chi connectivity index (χ1) is 5.16. The van der Waals surface area contributed by atoms with Gasteiger partial charge in [0.15, 0.2) is 0 Å². The van der Waals surface area contributed by atoms with Crippen LogP contribution in [-0.2, 0) is 0 Å². The highest BCUT2D eigenvalue weighted by Gasteiger charge is 1.86. The van der Waals surface area contributed by atoms with Gasteiger partial charge in [-0.2, -0.15) is 0 Å². The van der Waals surface area contributed by atoms with Crippen LogP contribution in [0.3, 0.4) is 0 Å². The van der Waals surface area contributed by atoms with E-state index >= 15 is 0 Å². The van der Waals surface area contributed by atoms with Gasteiger partial charge >= 0.3 is 0 Å². The molecule has 0 atom stereocenters. The van der Waals surface area contributed by atoms with Crippen molar-refractivity contribution in [2.24, 2.45) is 5.92 Å². The predicted octanol–water partition coefficient (Wildman–Crippen LogP) is 3.05. The Kier molecular flexibility index (Phi) is 6.01. The fourth-order valence-corrected chi connectivity index (χ4v) is 0.780. The van der Waals surface area contributed by atoms with Crippen LogP contribution >= 0.6 is 0 Å². The van der Waals surface area contributed by atoms with Gasteiger partial charge in [-0.1, -0.05) is 39.0 Å². The highest BCUT2D eigenvalue weighted by atomic mass is 13.9. The molecule has 11 heavy (non-hydrogen) atoms. The second kappa shape index (κ2) is 6.27. The summed E-state index contributed by atoms with van der Waals surface area (Å²) in [6.07, 6.45) is 8.27. The molecule has 0 unspecified atom stereocenters. The Morgan fingerprint density at radius 1 is 1.45 bits per heavy atom. The van der Waals surface area contributed by atoms with Crippen LogP contribution in [0.5, 0.6) is 0 Å². The summed E-state index contributed by atoms with van der Waals surface area (Å²) in [4.78, 5) is 0. The minimum atomic E-state index is 0.723. The summed E-state index contributed by atoms with van der Waals surface area (Å²) < 4.78 is 0. The SMILES string of the molecule is [B]C(/C=C\CC(C)C)=C/CC. The van der Waals surface area contributed by atoms with Crippen LogP contribution < -0.4 is 0 Å². The Balaban J connectivity index is 3.65. The van der Waals surface area contributed by atoms with E-state index in [2.05, 4.69) is 26.8 Å². The van der Waals surface area contributed by atoms with Gasteiger partial charge < -0.3 is 0 Å². The Hall–Kier alpha value is -0.455. The standard InChI is InChI=1S/C10H17B/c1-4-6-10(11)8-5-7-9(2)3/h5-6,8-9H,4,7H2,1-3H3/b8-5-,10-6+. The Morgan fingerprint density at radius 2 is 2.09 bits per heavy atom. The van der Waals surface area contributed by atoms with Crippen molar-refractivity contribution >= 4 is 7.85 Å². The van der Waals surface area contributed by atoms with Crippen LogP contribution in [0, 0.1) is 5.92 Å². The van der Waals surface area contributed by atoms with Gasteiger partial charge in [0.25, 0.3) is 0 Å². The molecular weight excluding hydrogens is 131 g/mol. The monoisotopic (exact) mass is 148 g/mol. The maximum absolute atomic E-state index is 5.64. The van der Waals surface area contributed by atoms with E-state index in [1.54, 1.807) is 0 Å². The van der Waals surface area contributed by atoms with Crippen molar-refractivity contribution in [2.75, 3.05) is 0 Å². The Morgan fingerprint density at radius 3 is 2.55 bits per heavy atom. The molecule has 60 valence electrons. The van der Waals surface area contributed by atoms with Gasteiger partial charge in [0, 0.05) is 0 Å². The number of rotatable bonds is 4. The number of hydrogen-bond acceptors (Lipinski definition) is 0. The fourth-order valence-electron chi connectivity index (χ4n) is 0.780. The summed E-state index contributed by atoms with van der Waals surface area (Å²) in [6, 6.07) is 0. The van der Waals surface area contributed by atoms with E-state index in [1.807, 2.05) is 12.2 Å². The molecule has 0 heterocycles. The van der Waals surface area contributed by atoms with Crippen molar-refractivity contribution in [3.05, 3.63) is 23.7 Å². The Labute approximate surface area is 71.8 Å². The van der Waals surface area contributed by atoms with E-state index in [1.165, 1.54) is 0 Å².